The highest BCUT2D eigenvalue weighted by Gasteiger charge is 2.35. The molecule has 0 aliphatic carbocycles. The molecule has 3 rings (SSSR count). The van der Waals surface area contributed by atoms with E-state index in [2.05, 4.69) is 22.6 Å². The summed E-state index contributed by atoms with van der Waals surface area (Å²) in [5, 5.41) is 11.2. The summed E-state index contributed by atoms with van der Waals surface area (Å²) < 4.78 is 1.01. The number of carboxylic acids is 1. The molecule has 0 unspecified atom stereocenters. The van der Waals surface area contributed by atoms with Gasteiger partial charge in [0.1, 0.15) is 6.04 Å². The Morgan fingerprint density at radius 2 is 2.00 bits per heavy atom. The Labute approximate surface area is 139 Å². The number of aliphatic carboxylic acids is 1. The van der Waals surface area contributed by atoms with Crippen molar-refractivity contribution in [1.82, 2.24) is 4.90 Å². The Hall–Kier alpha value is -1.41. The van der Waals surface area contributed by atoms with Gasteiger partial charge in [0.2, 0.25) is 0 Å². The summed E-state index contributed by atoms with van der Waals surface area (Å²) in [6.07, 6.45) is 0.360. The minimum Gasteiger partial charge on any atom is -0.480 e. The Morgan fingerprint density at radius 1 is 1.29 bits per heavy atom. The van der Waals surface area contributed by atoms with Gasteiger partial charge in [-0.05, 0) is 39.8 Å². The maximum Gasteiger partial charge on any atom is 0.326 e. The lowest BCUT2D eigenvalue weighted by Gasteiger charge is -2.34. The molecule has 2 heterocycles. The molecule has 1 atom stereocenters. The maximum absolute atomic E-state index is 12.6. The topological polar surface area (TPSA) is 57.6 Å². The second-order valence-corrected chi connectivity index (χ2v) is 7.70. The molecule has 1 amide bonds. The van der Waals surface area contributed by atoms with Crippen molar-refractivity contribution in [2.75, 3.05) is 0 Å². The van der Waals surface area contributed by atoms with Crippen molar-refractivity contribution < 1.29 is 14.7 Å². The molecule has 21 heavy (non-hydrogen) atoms. The minimum atomic E-state index is -0.956. The van der Waals surface area contributed by atoms with Crippen LogP contribution in [0.25, 0.3) is 0 Å². The summed E-state index contributed by atoms with van der Waals surface area (Å²) in [5.41, 5.74) is 2.59. The SMILES string of the molecule is O=C(O)[C@@H]1Cc2ccccc2CN1C(=O)c1csc(I)c1. The first-order chi connectivity index (χ1) is 10.1. The van der Waals surface area contributed by atoms with E-state index in [0.29, 0.717) is 18.5 Å². The molecule has 4 nitrogen and oxygen atoms in total. The average Bonchev–Trinajstić information content (AvgIpc) is 2.91. The van der Waals surface area contributed by atoms with Crippen molar-refractivity contribution in [1.29, 1.82) is 0 Å². The average molecular weight is 413 g/mol. The summed E-state index contributed by atoms with van der Waals surface area (Å²) in [5.74, 6) is -1.17. The molecule has 1 aliphatic heterocycles. The number of carbonyl (C=O) groups is 2. The van der Waals surface area contributed by atoms with Crippen LogP contribution in [0.2, 0.25) is 0 Å². The van der Waals surface area contributed by atoms with Crippen molar-refractivity contribution in [3.8, 4) is 0 Å². The lowest BCUT2D eigenvalue weighted by atomic mass is 9.93. The van der Waals surface area contributed by atoms with Gasteiger partial charge in [-0.1, -0.05) is 24.3 Å². The van der Waals surface area contributed by atoms with E-state index in [9.17, 15) is 14.7 Å². The fourth-order valence-electron chi connectivity index (χ4n) is 2.55. The summed E-state index contributed by atoms with van der Waals surface area (Å²) in [6.45, 7) is 0.346. The number of hydrogen-bond acceptors (Lipinski definition) is 3. The second kappa shape index (κ2) is 5.76. The number of carboxylic acid groups (broad SMARTS) is 1. The van der Waals surface area contributed by atoms with Gasteiger partial charge in [0.25, 0.3) is 5.91 Å². The molecular formula is C15H12INO3S. The van der Waals surface area contributed by atoms with E-state index < -0.39 is 12.0 Å². The van der Waals surface area contributed by atoms with Crippen LogP contribution in [0.5, 0.6) is 0 Å². The van der Waals surface area contributed by atoms with Gasteiger partial charge >= 0.3 is 5.97 Å². The highest BCUT2D eigenvalue weighted by atomic mass is 127. The highest BCUT2D eigenvalue weighted by Crippen LogP contribution is 2.26. The molecule has 1 aromatic carbocycles. The zero-order chi connectivity index (χ0) is 15.0. The van der Waals surface area contributed by atoms with E-state index >= 15 is 0 Å². The zero-order valence-electron chi connectivity index (χ0n) is 11.0. The number of thiophene rings is 1. The third kappa shape index (κ3) is 2.82. The summed E-state index contributed by atoms with van der Waals surface area (Å²) >= 11 is 3.64. The minimum absolute atomic E-state index is 0.212. The molecule has 1 aromatic heterocycles. The van der Waals surface area contributed by atoms with Gasteiger partial charge in [0.15, 0.2) is 0 Å². The summed E-state index contributed by atoms with van der Waals surface area (Å²) in [4.78, 5) is 25.6. The Bertz CT molecular complexity index is 712. The molecule has 1 aliphatic rings. The maximum atomic E-state index is 12.6. The van der Waals surface area contributed by atoms with Crippen molar-refractivity contribution >= 4 is 45.8 Å². The van der Waals surface area contributed by atoms with Crippen LogP contribution in [0.1, 0.15) is 21.5 Å². The molecule has 6 heteroatoms. The zero-order valence-corrected chi connectivity index (χ0v) is 13.9. The van der Waals surface area contributed by atoms with Gasteiger partial charge in [0, 0.05) is 18.3 Å². The van der Waals surface area contributed by atoms with E-state index in [1.807, 2.05) is 24.3 Å². The quantitative estimate of drug-likeness (QED) is 0.771. The molecule has 0 radical (unpaired) electrons. The van der Waals surface area contributed by atoms with Crippen molar-refractivity contribution in [3.05, 3.63) is 55.3 Å². The third-order valence-corrected chi connectivity index (χ3v) is 5.40. The first kappa shape index (κ1) is 14.5. The monoisotopic (exact) mass is 413 g/mol. The predicted octanol–water partition coefficient (Wildman–Crippen LogP) is 3.00. The van der Waals surface area contributed by atoms with Gasteiger partial charge in [-0.25, -0.2) is 4.79 Å². The summed E-state index contributed by atoms with van der Waals surface area (Å²) in [6, 6.07) is 8.69. The Balaban J connectivity index is 1.96. The molecular weight excluding hydrogens is 401 g/mol. The van der Waals surface area contributed by atoms with Crippen molar-refractivity contribution in [3.63, 3.8) is 0 Å². The number of carbonyl (C=O) groups excluding carboxylic acids is 1. The van der Waals surface area contributed by atoms with Crippen LogP contribution in [-0.4, -0.2) is 27.9 Å². The normalized spacial score (nSPS) is 17.4. The molecule has 108 valence electrons. The van der Waals surface area contributed by atoms with Crippen LogP contribution in [0, 0.1) is 2.88 Å². The van der Waals surface area contributed by atoms with Crippen LogP contribution in [0.15, 0.2) is 35.7 Å². The number of nitrogens with zero attached hydrogens (tertiary/aromatic N) is 1. The Kier molecular flexibility index (Phi) is 3.99. The van der Waals surface area contributed by atoms with Crippen LogP contribution in [-0.2, 0) is 17.8 Å². The van der Waals surface area contributed by atoms with E-state index in [1.165, 1.54) is 16.2 Å². The number of amides is 1. The molecule has 2 aromatic rings. The molecule has 0 spiro atoms. The lowest BCUT2D eigenvalue weighted by Crippen LogP contribution is -2.48. The predicted molar refractivity (Wildman–Crippen MR) is 88.5 cm³/mol. The van der Waals surface area contributed by atoms with E-state index in [-0.39, 0.29) is 5.91 Å². The van der Waals surface area contributed by atoms with E-state index in [0.717, 1.165) is 14.0 Å². The van der Waals surface area contributed by atoms with Crippen LogP contribution < -0.4 is 0 Å². The standard InChI is InChI=1S/C15H12INO3S/c16-13-6-11(8-21-13)14(18)17-7-10-4-2-1-3-9(10)5-12(17)15(19)20/h1-4,6,8,12H,5,7H2,(H,19,20)/t12-/m0/s1. The van der Waals surface area contributed by atoms with Crippen molar-refractivity contribution in [2.45, 2.75) is 19.0 Å². The van der Waals surface area contributed by atoms with Crippen molar-refractivity contribution in [2.24, 2.45) is 0 Å². The number of fused-ring (bicyclic) bond motifs is 1. The first-order valence-corrected chi connectivity index (χ1v) is 8.36. The largest absolute Gasteiger partial charge is 0.480 e. The fraction of sp³-hybridized carbons (Fsp3) is 0.200. The van der Waals surface area contributed by atoms with Crippen LogP contribution >= 0.6 is 33.9 Å². The van der Waals surface area contributed by atoms with Gasteiger partial charge in [0.05, 0.1) is 8.45 Å². The number of hydrogen-bond donors (Lipinski definition) is 1. The highest BCUT2D eigenvalue weighted by molar-refractivity contribution is 14.1. The molecule has 0 saturated carbocycles. The first-order valence-electron chi connectivity index (χ1n) is 6.41. The second-order valence-electron chi connectivity index (χ2n) is 4.90. The Morgan fingerprint density at radius 3 is 2.62 bits per heavy atom. The number of rotatable bonds is 2. The third-order valence-electron chi connectivity index (χ3n) is 3.61. The van der Waals surface area contributed by atoms with E-state index in [1.54, 1.807) is 11.4 Å². The van der Waals surface area contributed by atoms with Gasteiger partial charge in [-0.15, -0.1) is 11.3 Å². The molecule has 0 fully saturated rings. The van der Waals surface area contributed by atoms with Gasteiger partial charge in [-0.2, -0.15) is 0 Å². The van der Waals surface area contributed by atoms with Gasteiger partial charge < -0.3 is 10.0 Å². The molecule has 0 saturated heterocycles. The lowest BCUT2D eigenvalue weighted by molar-refractivity contribution is -0.142. The summed E-state index contributed by atoms with van der Waals surface area (Å²) in [7, 11) is 0. The van der Waals surface area contributed by atoms with Gasteiger partial charge in [-0.3, -0.25) is 4.79 Å². The molecule has 0 bridgehead atoms. The van der Waals surface area contributed by atoms with E-state index in [4.69, 9.17) is 0 Å². The fourth-order valence-corrected chi connectivity index (χ4v) is 3.87. The van der Waals surface area contributed by atoms with Crippen LogP contribution in [0.4, 0.5) is 0 Å². The van der Waals surface area contributed by atoms with Crippen LogP contribution in [0.3, 0.4) is 0 Å². The molecule has 1 N–H and O–H groups in total. The number of halogens is 1. The number of benzene rings is 1. The smallest absolute Gasteiger partial charge is 0.326 e.